The molecule has 0 N–H and O–H groups in total. The summed E-state index contributed by atoms with van der Waals surface area (Å²) >= 11 is 0. The zero-order valence-electron chi connectivity index (χ0n) is 9.65. The third-order valence-corrected chi connectivity index (χ3v) is 1.95. The molecule has 0 spiro atoms. The number of nitrogens with zero attached hydrogens (tertiary/aromatic N) is 3. The van der Waals surface area contributed by atoms with Gasteiger partial charge in [-0.1, -0.05) is 25.9 Å². The van der Waals surface area contributed by atoms with Crippen LogP contribution in [-0.4, -0.2) is 22.6 Å². The molecule has 1 heterocycles. The molecule has 1 amide bonds. The Morgan fingerprint density at radius 1 is 1.47 bits per heavy atom. The standard InChI is InChI=1S/C10H17N3O2/c1-5-6-13(9(14)7(2)3)10-12-11-8(4)15-10/h7H,5-6H2,1-4H3. The van der Waals surface area contributed by atoms with Crippen LogP contribution in [0.5, 0.6) is 0 Å². The molecule has 0 aromatic carbocycles. The lowest BCUT2D eigenvalue weighted by atomic mass is 10.2. The first-order valence-corrected chi connectivity index (χ1v) is 5.17. The second-order valence-electron chi connectivity index (χ2n) is 3.75. The fraction of sp³-hybridized carbons (Fsp3) is 0.700. The molecule has 0 aliphatic rings. The molecule has 5 heteroatoms. The summed E-state index contributed by atoms with van der Waals surface area (Å²) in [6.07, 6.45) is 0.861. The lowest BCUT2D eigenvalue weighted by Gasteiger charge is -2.19. The van der Waals surface area contributed by atoms with Gasteiger partial charge in [-0.15, -0.1) is 5.10 Å². The highest BCUT2D eigenvalue weighted by Gasteiger charge is 2.22. The molecule has 0 unspecified atom stereocenters. The molecule has 5 nitrogen and oxygen atoms in total. The predicted molar refractivity (Wildman–Crippen MR) is 56.5 cm³/mol. The van der Waals surface area contributed by atoms with Crippen molar-refractivity contribution in [2.75, 3.05) is 11.4 Å². The highest BCUT2D eigenvalue weighted by atomic mass is 16.4. The number of carbonyl (C=O) groups is 1. The van der Waals surface area contributed by atoms with Gasteiger partial charge >= 0.3 is 6.01 Å². The summed E-state index contributed by atoms with van der Waals surface area (Å²) < 4.78 is 5.25. The lowest BCUT2D eigenvalue weighted by molar-refractivity contribution is -0.121. The molecule has 1 aromatic heterocycles. The van der Waals surface area contributed by atoms with Gasteiger partial charge in [0.05, 0.1) is 0 Å². The average molecular weight is 211 g/mol. The van der Waals surface area contributed by atoms with Crippen molar-refractivity contribution < 1.29 is 9.21 Å². The number of hydrogen-bond acceptors (Lipinski definition) is 4. The van der Waals surface area contributed by atoms with Crippen LogP contribution in [0, 0.1) is 12.8 Å². The van der Waals surface area contributed by atoms with E-state index in [0.29, 0.717) is 18.5 Å². The van der Waals surface area contributed by atoms with Gasteiger partial charge in [0.25, 0.3) is 0 Å². The van der Waals surface area contributed by atoms with E-state index >= 15 is 0 Å². The molecule has 0 aliphatic carbocycles. The zero-order valence-corrected chi connectivity index (χ0v) is 9.65. The smallest absolute Gasteiger partial charge is 0.324 e. The van der Waals surface area contributed by atoms with Gasteiger partial charge in [-0.2, -0.15) is 0 Å². The van der Waals surface area contributed by atoms with Crippen LogP contribution < -0.4 is 4.90 Å². The van der Waals surface area contributed by atoms with Crippen molar-refractivity contribution in [2.24, 2.45) is 5.92 Å². The molecular formula is C10H17N3O2. The number of carbonyl (C=O) groups excluding carboxylic acids is 1. The number of aromatic nitrogens is 2. The first-order chi connectivity index (χ1) is 7.06. The number of hydrogen-bond donors (Lipinski definition) is 0. The fourth-order valence-corrected chi connectivity index (χ4v) is 1.23. The Kier molecular flexibility index (Phi) is 3.82. The SMILES string of the molecule is CCCN(C(=O)C(C)C)c1nnc(C)o1. The van der Waals surface area contributed by atoms with Gasteiger partial charge in [0.1, 0.15) is 0 Å². The Balaban J connectivity index is 2.87. The number of amides is 1. The van der Waals surface area contributed by atoms with Crippen molar-refractivity contribution in [2.45, 2.75) is 34.1 Å². The molecule has 1 aromatic rings. The van der Waals surface area contributed by atoms with E-state index in [2.05, 4.69) is 10.2 Å². The fourth-order valence-electron chi connectivity index (χ4n) is 1.23. The van der Waals surface area contributed by atoms with Gasteiger partial charge in [-0.3, -0.25) is 9.69 Å². The molecule has 84 valence electrons. The molecule has 0 bridgehead atoms. The maximum absolute atomic E-state index is 11.8. The number of anilines is 1. The second-order valence-corrected chi connectivity index (χ2v) is 3.75. The van der Waals surface area contributed by atoms with Crippen LogP contribution in [0.2, 0.25) is 0 Å². The maximum Gasteiger partial charge on any atom is 0.324 e. The van der Waals surface area contributed by atoms with E-state index in [1.54, 1.807) is 11.8 Å². The van der Waals surface area contributed by atoms with E-state index in [4.69, 9.17) is 4.42 Å². The molecule has 0 atom stereocenters. The van der Waals surface area contributed by atoms with Gasteiger partial charge in [0.2, 0.25) is 11.8 Å². The highest BCUT2D eigenvalue weighted by molar-refractivity contribution is 5.92. The first kappa shape index (κ1) is 11.7. The van der Waals surface area contributed by atoms with Crippen molar-refractivity contribution >= 4 is 11.9 Å². The minimum Gasteiger partial charge on any atom is -0.408 e. The minimum atomic E-state index is -0.0660. The monoisotopic (exact) mass is 211 g/mol. The Bertz CT molecular complexity index is 333. The Morgan fingerprint density at radius 2 is 2.13 bits per heavy atom. The summed E-state index contributed by atoms with van der Waals surface area (Å²) in [6, 6.07) is 0.299. The quantitative estimate of drug-likeness (QED) is 0.761. The van der Waals surface area contributed by atoms with Crippen LogP contribution in [0.3, 0.4) is 0 Å². The van der Waals surface area contributed by atoms with Crippen LogP contribution in [0.15, 0.2) is 4.42 Å². The zero-order chi connectivity index (χ0) is 11.4. The molecule has 0 aliphatic heterocycles. The average Bonchev–Trinajstić information content (AvgIpc) is 2.60. The van der Waals surface area contributed by atoms with E-state index in [0.717, 1.165) is 6.42 Å². The van der Waals surface area contributed by atoms with Gasteiger partial charge in [0, 0.05) is 19.4 Å². The minimum absolute atomic E-state index is 0.0144. The summed E-state index contributed by atoms with van der Waals surface area (Å²) in [5.74, 6) is 0.423. The Labute approximate surface area is 89.5 Å². The molecule has 0 fully saturated rings. The van der Waals surface area contributed by atoms with Crippen LogP contribution in [0.4, 0.5) is 6.01 Å². The Hall–Kier alpha value is -1.39. The van der Waals surface area contributed by atoms with E-state index in [1.807, 2.05) is 20.8 Å². The van der Waals surface area contributed by atoms with Gasteiger partial charge in [-0.05, 0) is 6.42 Å². The van der Waals surface area contributed by atoms with Crippen molar-refractivity contribution in [1.82, 2.24) is 10.2 Å². The van der Waals surface area contributed by atoms with Crippen molar-refractivity contribution in [3.05, 3.63) is 5.89 Å². The maximum atomic E-state index is 11.8. The van der Waals surface area contributed by atoms with E-state index in [1.165, 1.54) is 0 Å². The molecule has 15 heavy (non-hydrogen) atoms. The summed E-state index contributed by atoms with van der Waals surface area (Å²) in [7, 11) is 0. The molecule has 0 saturated carbocycles. The number of rotatable bonds is 4. The topological polar surface area (TPSA) is 59.2 Å². The van der Waals surface area contributed by atoms with Crippen molar-refractivity contribution in [3.8, 4) is 0 Å². The first-order valence-electron chi connectivity index (χ1n) is 5.17. The molecular weight excluding hydrogens is 194 g/mol. The van der Waals surface area contributed by atoms with E-state index < -0.39 is 0 Å². The van der Waals surface area contributed by atoms with Crippen LogP contribution >= 0.6 is 0 Å². The normalized spacial score (nSPS) is 10.7. The van der Waals surface area contributed by atoms with E-state index in [9.17, 15) is 4.79 Å². The van der Waals surface area contributed by atoms with E-state index in [-0.39, 0.29) is 11.8 Å². The van der Waals surface area contributed by atoms with Crippen molar-refractivity contribution in [3.63, 3.8) is 0 Å². The van der Waals surface area contributed by atoms with Crippen LogP contribution in [-0.2, 0) is 4.79 Å². The predicted octanol–water partition coefficient (Wildman–Crippen LogP) is 1.78. The van der Waals surface area contributed by atoms with Crippen molar-refractivity contribution in [1.29, 1.82) is 0 Å². The summed E-state index contributed by atoms with van der Waals surface area (Å²) in [5, 5.41) is 7.58. The van der Waals surface area contributed by atoms with Gasteiger partial charge in [-0.25, -0.2) is 0 Å². The second kappa shape index (κ2) is 4.91. The third-order valence-electron chi connectivity index (χ3n) is 1.95. The third kappa shape index (κ3) is 2.78. The molecule has 0 radical (unpaired) electrons. The molecule has 1 rings (SSSR count). The summed E-state index contributed by atoms with van der Waals surface area (Å²) in [6.45, 7) is 8.03. The number of aryl methyl sites for hydroxylation is 1. The highest BCUT2D eigenvalue weighted by Crippen LogP contribution is 2.15. The van der Waals surface area contributed by atoms with Gasteiger partial charge < -0.3 is 4.42 Å². The van der Waals surface area contributed by atoms with Crippen LogP contribution in [0.1, 0.15) is 33.1 Å². The van der Waals surface area contributed by atoms with Gasteiger partial charge in [0.15, 0.2) is 0 Å². The largest absolute Gasteiger partial charge is 0.408 e. The Morgan fingerprint density at radius 3 is 2.53 bits per heavy atom. The van der Waals surface area contributed by atoms with Crippen LogP contribution in [0.25, 0.3) is 0 Å². The summed E-state index contributed by atoms with van der Waals surface area (Å²) in [5.41, 5.74) is 0. The molecule has 0 saturated heterocycles. The summed E-state index contributed by atoms with van der Waals surface area (Å²) in [4.78, 5) is 13.4. The lowest BCUT2D eigenvalue weighted by Crippen LogP contribution is -2.35.